The minimum Gasteiger partial charge on any atom is -0.497 e. The molecule has 0 amide bonds. The third-order valence-corrected chi connectivity index (χ3v) is 2.84. The van der Waals surface area contributed by atoms with Crippen molar-refractivity contribution in [1.82, 2.24) is 4.98 Å². The Morgan fingerprint density at radius 2 is 2.05 bits per heavy atom. The first-order chi connectivity index (χ1) is 10.1. The van der Waals surface area contributed by atoms with Gasteiger partial charge >= 0.3 is 0 Å². The Labute approximate surface area is 125 Å². The molecule has 0 aliphatic rings. The van der Waals surface area contributed by atoms with Crippen LogP contribution < -0.4 is 20.5 Å². The Kier molecular flexibility index (Phi) is 4.87. The van der Waals surface area contributed by atoms with Gasteiger partial charge in [0.15, 0.2) is 0 Å². The van der Waals surface area contributed by atoms with Crippen molar-refractivity contribution >= 4 is 11.5 Å². The summed E-state index contributed by atoms with van der Waals surface area (Å²) in [4.78, 5) is 4.38. The number of ether oxygens (including phenoxy) is 2. The fourth-order valence-corrected chi connectivity index (χ4v) is 1.84. The Balaban J connectivity index is 2.05. The highest BCUT2D eigenvalue weighted by atomic mass is 16.5. The zero-order valence-electron chi connectivity index (χ0n) is 12.6. The van der Waals surface area contributed by atoms with Crippen LogP contribution in [-0.4, -0.2) is 18.2 Å². The Bertz CT molecular complexity index is 600. The van der Waals surface area contributed by atoms with Crippen molar-refractivity contribution in [3.8, 4) is 11.6 Å². The molecule has 3 N–H and O–H groups in total. The number of hydrogen-bond acceptors (Lipinski definition) is 5. The number of nitrogens with two attached hydrogens (primary N) is 1. The second-order valence-corrected chi connectivity index (χ2v) is 4.96. The first kappa shape index (κ1) is 15.0. The zero-order valence-corrected chi connectivity index (χ0v) is 12.6. The number of aromatic nitrogens is 1. The number of benzene rings is 1. The van der Waals surface area contributed by atoms with Crippen LogP contribution in [0.4, 0.5) is 11.5 Å². The molecule has 0 fully saturated rings. The molecule has 0 saturated carbocycles. The van der Waals surface area contributed by atoms with Gasteiger partial charge in [-0.1, -0.05) is 12.1 Å². The number of hydrogen-bond donors (Lipinski definition) is 2. The van der Waals surface area contributed by atoms with Gasteiger partial charge in [-0.05, 0) is 43.7 Å². The Morgan fingerprint density at radius 3 is 2.76 bits per heavy atom. The molecule has 0 atom stereocenters. The lowest BCUT2D eigenvalue weighted by Gasteiger charge is -2.13. The lowest BCUT2D eigenvalue weighted by molar-refractivity contribution is 0.234. The summed E-state index contributed by atoms with van der Waals surface area (Å²) in [5, 5.41) is 3.25. The Hall–Kier alpha value is -2.43. The van der Waals surface area contributed by atoms with Gasteiger partial charge in [-0.3, -0.25) is 0 Å². The second-order valence-electron chi connectivity index (χ2n) is 4.96. The predicted molar refractivity (Wildman–Crippen MR) is 84.7 cm³/mol. The first-order valence-corrected chi connectivity index (χ1v) is 6.88. The van der Waals surface area contributed by atoms with Gasteiger partial charge in [0.1, 0.15) is 11.6 Å². The molecule has 0 radical (unpaired) electrons. The third kappa shape index (κ3) is 4.27. The molecule has 2 aromatic rings. The summed E-state index contributed by atoms with van der Waals surface area (Å²) >= 11 is 0. The van der Waals surface area contributed by atoms with Crippen LogP contribution in [-0.2, 0) is 6.54 Å². The summed E-state index contributed by atoms with van der Waals surface area (Å²) in [6.07, 6.45) is 0.0356. The van der Waals surface area contributed by atoms with Gasteiger partial charge in [-0.25, -0.2) is 0 Å². The molecule has 0 unspecified atom stereocenters. The average Bonchev–Trinajstić information content (AvgIpc) is 2.48. The van der Waals surface area contributed by atoms with Crippen molar-refractivity contribution in [1.29, 1.82) is 0 Å². The number of nitrogens with zero attached hydrogens (tertiary/aromatic N) is 1. The summed E-state index contributed by atoms with van der Waals surface area (Å²) < 4.78 is 10.8. The number of nitrogen functional groups attached to an aromatic ring is 1. The molecular formula is C16H21N3O2. The standard InChI is InChI=1S/C16H21N3O2/c1-11(2)21-16-14(17)7-8-15(19-16)18-10-12-5-4-6-13(9-12)20-3/h4-9,11H,10,17H2,1-3H3,(H,18,19). The van der Waals surface area contributed by atoms with Crippen molar-refractivity contribution in [2.75, 3.05) is 18.2 Å². The lowest BCUT2D eigenvalue weighted by Crippen LogP contribution is -2.10. The lowest BCUT2D eigenvalue weighted by atomic mass is 10.2. The summed E-state index contributed by atoms with van der Waals surface area (Å²) in [5.74, 6) is 2.02. The van der Waals surface area contributed by atoms with Gasteiger partial charge in [0.25, 0.3) is 0 Å². The van der Waals surface area contributed by atoms with Crippen LogP contribution in [0.5, 0.6) is 11.6 Å². The molecule has 0 saturated heterocycles. The molecule has 112 valence electrons. The maximum Gasteiger partial charge on any atom is 0.239 e. The van der Waals surface area contributed by atoms with Crippen molar-refractivity contribution < 1.29 is 9.47 Å². The summed E-state index contributed by atoms with van der Waals surface area (Å²) in [6.45, 7) is 4.53. The van der Waals surface area contributed by atoms with Crippen LogP contribution >= 0.6 is 0 Å². The molecule has 0 bridgehead atoms. The zero-order chi connectivity index (χ0) is 15.2. The smallest absolute Gasteiger partial charge is 0.239 e. The average molecular weight is 287 g/mol. The summed E-state index contributed by atoms with van der Waals surface area (Å²) in [7, 11) is 1.66. The van der Waals surface area contributed by atoms with Crippen LogP contribution in [0.25, 0.3) is 0 Å². The maximum absolute atomic E-state index is 5.85. The van der Waals surface area contributed by atoms with Crippen LogP contribution in [0.1, 0.15) is 19.4 Å². The highest BCUT2D eigenvalue weighted by Crippen LogP contribution is 2.22. The van der Waals surface area contributed by atoms with Crippen molar-refractivity contribution in [2.45, 2.75) is 26.5 Å². The maximum atomic E-state index is 5.85. The number of rotatable bonds is 6. The van der Waals surface area contributed by atoms with E-state index in [-0.39, 0.29) is 6.10 Å². The van der Waals surface area contributed by atoms with E-state index < -0.39 is 0 Å². The van der Waals surface area contributed by atoms with Crippen LogP contribution in [0.15, 0.2) is 36.4 Å². The van der Waals surface area contributed by atoms with E-state index >= 15 is 0 Å². The molecular weight excluding hydrogens is 266 g/mol. The minimum absolute atomic E-state index is 0.0356. The molecule has 21 heavy (non-hydrogen) atoms. The van der Waals surface area contributed by atoms with Crippen LogP contribution in [0, 0.1) is 0 Å². The predicted octanol–water partition coefficient (Wildman–Crippen LogP) is 3.07. The fraction of sp³-hybridized carbons (Fsp3) is 0.312. The van der Waals surface area contributed by atoms with E-state index in [1.54, 1.807) is 13.2 Å². The van der Waals surface area contributed by atoms with E-state index in [0.717, 1.165) is 17.1 Å². The van der Waals surface area contributed by atoms with E-state index in [1.807, 2.05) is 44.2 Å². The van der Waals surface area contributed by atoms with Crippen molar-refractivity contribution in [2.24, 2.45) is 0 Å². The molecule has 1 aromatic heterocycles. The molecule has 1 heterocycles. The normalized spacial score (nSPS) is 10.5. The van der Waals surface area contributed by atoms with E-state index in [9.17, 15) is 0 Å². The van der Waals surface area contributed by atoms with Crippen LogP contribution in [0.3, 0.4) is 0 Å². The third-order valence-electron chi connectivity index (χ3n) is 2.84. The van der Waals surface area contributed by atoms with Gasteiger partial charge in [0.05, 0.1) is 18.9 Å². The molecule has 5 heteroatoms. The molecule has 0 aliphatic heterocycles. The van der Waals surface area contributed by atoms with Gasteiger partial charge in [0.2, 0.25) is 5.88 Å². The fourth-order valence-electron chi connectivity index (χ4n) is 1.84. The van der Waals surface area contributed by atoms with E-state index in [0.29, 0.717) is 18.1 Å². The number of methoxy groups -OCH3 is 1. The number of pyridine rings is 1. The Morgan fingerprint density at radius 1 is 1.24 bits per heavy atom. The SMILES string of the molecule is COc1cccc(CNc2ccc(N)c(OC(C)C)n2)c1. The second kappa shape index (κ2) is 6.83. The van der Waals surface area contributed by atoms with Gasteiger partial charge < -0.3 is 20.5 Å². The molecule has 1 aromatic carbocycles. The van der Waals surface area contributed by atoms with Crippen LogP contribution in [0.2, 0.25) is 0 Å². The highest BCUT2D eigenvalue weighted by molar-refractivity contribution is 5.53. The first-order valence-electron chi connectivity index (χ1n) is 6.88. The molecule has 2 rings (SSSR count). The van der Waals surface area contributed by atoms with Gasteiger partial charge in [-0.2, -0.15) is 4.98 Å². The largest absolute Gasteiger partial charge is 0.497 e. The van der Waals surface area contributed by atoms with E-state index in [2.05, 4.69) is 10.3 Å². The van der Waals surface area contributed by atoms with Gasteiger partial charge in [-0.15, -0.1) is 0 Å². The highest BCUT2D eigenvalue weighted by Gasteiger charge is 2.06. The van der Waals surface area contributed by atoms with Crippen molar-refractivity contribution in [3.05, 3.63) is 42.0 Å². The summed E-state index contributed by atoms with van der Waals surface area (Å²) in [6, 6.07) is 11.5. The minimum atomic E-state index is 0.0356. The topological polar surface area (TPSA) is 69.4 Å². The summed E-state index contributed by atoms with van der Waals surface area (Å²) in [5.41, 5.74) is 7.50. The van der Waals surface area contributed by atoms with Gasteiger partial charge in [0, 0.05) is 6.54 Å². The molecule has 0 aliphatic carbocycles. The number of anilines is 2. The van der Waals surface area contributed by atoms with E-state index in [4.69, 9.17) is 15.2 Å². The van der Waals surface area contributed by atoms with E-state index in [1.165, 1.54) is 0 Å². The van der Waals surface area contributed by atoms with Crippen molar-refractivity contribution in [3.63, 3.8) is 0 Å². The quantitative estimate of drug-likeness (QED) is 0.854. The molecule has 5 nitrogen and oxygen atoms in total. The monoisotopic (exact) mass is 287 g/mol. The number of nitrogens with one attached hydrogen (secondary N) is 1. The molecule has 0 spiro atoms.